The number of ether oxygens (including phenoxy) is 1. The highest BCUT2D eigenvalue weighted by Crippen LogP contribution is 2.33. The maximum Gasteiger partial charge on any atom is 0.254 e. The van der Waals surface area contributed by atoms with Crippen LogP contribution in [0.2, 0.25) is 0 Å². The number of benzene rings is 3. The van der Waals surface area contributed by atoms with E-state index in [1.807, 2.05) is 54.6 Å². The lowest BCUT2D eigenvalue weighted by molar-refractivity contribution is 0.383. The average Bonchev–Trinajstić information content (AvgIpc) is 3.41. The molecular formula is C26H24N6O3S. The molecule has 0 saturated carbocycles. The zero-order valence-electron chi connectivity index (χ0n) is 19.7. The van der Waals surface area contributed by atoms with Crippen LogP contribution in [0.15, 0.2) is 84.1 Å². The van der Waals surface area contributed by atoms with Gasteiger partial charge in [0.15, 0.2) is 0 Å². The molecule has 1 saturated heterocycles. The van der Waals surface area contributed by atoms with Crippen LogP contribution in [0.3, 0.4) is 0 Å². The largest absolute Gasteiger partial charge is 0.497 e. The molecule has 10 heteroatoms. The first-order valence-corrected chi connectivity index (χ1v) is 13.1. The standard InChI is InChI=1S/C26H24N6O3S/c1-35-22-9-6-20(7-10-22)24-17-27-26-28-18-29-32(26)25(24)30-12-14-31(15-13-30)36(33,34)23-11-8-19-4-2-3-5-21(19)16-23/h2-11,16-18H,12-15H2,1H3. The number of aromatic nitrogens is 4. The van der Waals surface area contributed by atoms with Gasteiger partial charge in [0.2, 0.25) is 10.0 Å². The summed E-state index contributed by atoms with van der Waals surface area (Å²) in [7, 11) is -1.98. The molecule has 5 aromatic rings. The van der Waals surface area contributed by atoms with Crippen molar-refractivity contribution in [1.82, 2.24) is 23.9 Å². The minimum atomic E-state index is -3.62. The number of rotatable bonds is 5. The highest BCUT2D eigenvalue weighted by molar-refractivity contribution is 7.89. The van der Waals surface area contributed by atoms with Gasteiger partial charge in [-0.25, -0.2) is 13.4 Å². The maximum atomic E-state index is 13.5. The third kappa shape index (κ3) is 3.84. The summed E-state index contributed by atoms with van der Waals surface area (Å²) in [6.07, 6.45) is 3.27. The van der Waals surface area contributed by atoms with E-state index in [0.717, 1.165) is 33.5 Å². The van der Waals surface area contributed by atoms with E-state index in [2.05, 4.69) is 20.0 Å². The smallest absolute Gasteiger partial charge is 0.254 e. The van der Waals surface area contributed by atoms with Gasteiger partial charge in [-0.1, -0.05) is 42.5 Å². The molecule has 0 unspecified atom stereocenters. The Labute approximate surface area is 208 Å². The molecule has 1 fully saturated rings. The van der Waals surface area contributed by atoms with Gasteiger partial charge >= 0.3 is 0 Å². The molecular weight excluding hydrogens is 476 g/mol. The Bertz CT molecular complexity index is 1660. The fourth-order valence-electron chi connectivity index (χ4n) is 4.66. The lowest BCUT2D eigenvalue weighted by Gasteiger charge is -2.36. The van der Waals surface area contributed by atoms with Crippen LogP contribution in [-0.4, -0.2) is 65.6 Å². The van der Waals surface area contributed by atoms with Gasteiger partial charge in [0.1, 0.15) is 17.9 Å². The van der Waals surface area contributed by atoms with Crippen LogP contribution in [0.4, 0.5) is 5.82 Å². The van der Waals surface area contributed by atoms with Crippen molar-refractivity contribution in [2.75, 3.05) is 38.2 Å². The van der Waals surface area contributed by atoms with Crippen LogP contribution in [0.1, 0.15) is 0 Å². The van der Waals surface area contributed by atoms with E-state index in [0.29, 0.717) is 36.9 Å². The third-order valence-electron chi connectivity index (χ3n) is 6.58. The highest BCUT2D eigenvalue weighted by Gasteiger charge is 2.30. The zero-order chi connectivity index (χ0) is 24.7. The molecule has 1 aliphatic rings. The van der Waals surface area contributed by atoms with Crippen LogP contribution < -0.4 is 9.64 Å². The van der Waals surface area contributed by atoms with Crippen LogP contribution in [0.25, 0.3) is 27.7 Å². The fourth-order valence-corrected chi connectivity index (χ4v) is 6.12. The fraction of sp³-hybridized carbons (Fsp3) is 0.192. The lowest BCUT2D eigenvalue weighted by Crippen LogP contribution is -2.49. The van der Waals surface area contributed by atoms with E-state index >= 15 is 0 Å². The molecule has 0 radical (unpaired) electrons. The predicted molar refractivity (Wildman–Crippen MR) is 138 cm³/mol. The molecule has 6 rings (SSSR count). The van der Waals surface area contributed by atoms with E-state index in [9.17, 15) is 8.42 Å². The summed E-state index contributed by atoms with van der Waals surface area (Å²) < 4.78 is 35.5. The number of anilines is 1. The second-order valence-corrected chi connectivity index (χ2v) is 10.5. The van der Waals surface area contributed by atoms with Crippen LogP contribution >= 0.6 is 0 Å². The van der Waals surface area contributed by atoms with E-state index in [4.69, 9.17) is 4.74 Å². The Morgan fingerprint density at radius 3 is 2.36 bits per heavy atom. The topological polar surface area (TPSA) is 92.9 Å². The molecule has 2 aromatic heterocycles. The highest BCUT2D eigenvalue weighted by atomic mass is 32.2. The van der Waals surface area contributed by atoms with Crippen LogP contribution in [0.5, 0.6) is 5.75 Å². The first-order valence-electron chi connectivity index (χ1n) is 11.6. The van der Waals surface area contributed by atoms with Crippen molar-refractivity contribution >= 4 is 32.4 Å². The molecule has 0 N–H and O–H groups in total. The SMILES string of the molecule is COc1ccc(-c2cnc3ncnn3c2N2CCN(S(=O)(=O)c3ccc4ccccc4c3)CC2)cc1. The Morgan fingerprint density at radius 2 is 1.61 bits per heavy atom. The zero-order valence-corrected chi connectivity index (χ0v) is 20.5. The molecule has 1 aliphatic heterocycles. The van der Waals surface area contributed by atoms with E-state index in [1.165, 1.54) is 6.33 Å². The Morgan fingerprint density at radius 1 is 0.861 bits per heavy atom. The minimum absolute atomic E-state index is 0.316. The molecule has 3 aromatic carbocycles. The Hall–Kier alpha value is -4.02. The molecule has 0 bridgehead atoms. The van der Waals surface area contributed by atoms with Crippen molar-refractivity contribution in [3.05, 3.63) is 79.3 Å². The predicted octanol–water partition coefficient (Wildman–Crippen LogP) is 3.46. The average molecular weight is 501 g/mol. The molecule has 0 aliphatic carbocycles. The minimum Gasteiger partial charge on any atom is -0.497 e. The van der Waals surface area contributed by atoms with E-state index in [1.54, 1.807) is 34.3 Å². The van der Waals surface area contributed by atoms with Crippen molar-refractivity contribution in [3.63, 3.8) is 0 Å². The van der Waals surface area contributed by atoms with Gasteiger partial charge in [0.05, 0.1) is 12.0 Å². The number of nitrogens with zero attached hydrogens (tertiary/aromatic N) is 6. The number of fused-ring (bicyclic) bond motifs is 2. The maximum absolute atomic E-state index is 13.5. The normalized spacial score (nSPS) is 15.0. The van der Waals surface area contributed by atoms with Gasteiger partial charge in [-0.05, 0) is 40.6 Å². The number of sulfonamides is 1. The van der Waals surface area contributed by atoms with Crippen molar-refractivity contribution in [2.45, 2.75) is 4.90 Å². The van der Waals surface area contributed by atoms with Gasteiger partial charge in [-0.3, -0.25) is 0 Å². The molecule has 0 spiro atoms. The van der Waals surface area contributed by atoms with E-state index < -0.39 is 10.0 Å². The monoisotopic (exact) mass is 500 g/mol. The third-order valence-corrected chi connectivity index (χ3v) is 8.47. The first kappa shape index (κ1) is 22.4. The molecule has 36 heavy (non-hydrogen) atoms. The van der Waals surface area contributed by atoms with Gasteiger partial charge < -0.3 is 9.64 Å². The molecule has 182 valence electrons. The molecule has 9 nitrogen and oxygen atoms in total. The van der Waals surface area contributed by atoms with Crippen molar-refractivity contribution in [3.8, 4) is 16.9 Å². The van der Waals surface area contributed by atoms with Crippen LogP contribution in [0, 0.1) is 0 Å². The van der Waals surface area contributed by atoms with Crippen molar-refractivity contribution < 1.29 is 13.2 Å². The molecule has 0 amide bonds. The van der Waals surface area contributed by atoms with E-state index in [-0.39, 0.29) is 0 Å². The van der Waals surface area contributed by atoms with Crippen molar-refractivity contribution in [1.29, 1.82) is 0 Å². The number of hydrogen-bond donors (Lipinski definition) is 0. The molecule has 0 atom stereocenters. The first-order chi connectivity index (χ1) is 17.5. The second kappa shape index (κ2) is 8.89. The number of hydrogen-bond acceptors (Lipinski definition) is 7. The summed E-state index contributed by atoms with van der Waals surface area (Å²) in [5, 5.41) is 6.33. The Balaban J connectivity index is 1.30. The van der Waals surface area contributed by atoms with Gasteiger partial charge in [0.25, 0.3) is 5.78 Å². The summed E-state index contributed by atoms with van der Waals surface area (Å²) in [5.74, 6) is 2.10. The van der Waals surface area contributed by atoms with Crippen molar-refractivity contribution in [2.24, 2.45) is 0 Å². The quantitative estimate of drug-likeness (QED) is 0.365. The summed E-state index contributed by atoms with van der Waals surface area (Å²) >= 11 is 0. The number of methoxy groups -OCH3 is 1. The molecule has 3 heterocycles. The van der Waals surface area contributed by atoms with Gasteiger partial charge in [-0.2, -0.15) is 18.9 Å². The second-order valence-electron chi connectivity index (χ2n) is 8.60. The summed E-state index contributed by atoms with van der Waals surface area (Å²) in [6, 6.07) is 20.8. The Kier molecular flexibility index (Phi) is 5.54. The summed E-state index contributed by atoms with van der Waals surface area (Å²) in [6.45, 7) is 1.73. The van der Waals surface area contributed by atoms with Gasteiger partial charge in [0, 0.05) is 37.9 Å². The number of piperazine rings is 1. The lowest BCUT2D eigenvalue weighted by atomic mass is 10.1. The summed E-state index contributed by atoms with van der Waals surface area (Å²) in [4.78, 5) is 11.2. The van der Waals surface area contributed by atoms with Crippen LogP contribution in [-0.2, 0) is 10.0 Å². The summed E-state index contributed by atoms with van der Waals surface area (Å²) in [5.41, 5.74) is 1.85. The van der Waals surface area contributed by atoms with Gasteiger partial charge in [-0.15, -0.1) is 0 Å².